The Morgan fingerprint density at radius 1 is 1.07 bits per heavy atom. The maximum absolute atomic E-state index is 13.4. The number of aliphatic hydroxyl groups excluding tert-OH is 1. The molecule has 3 rings (SSSR count). The van der Waals surface area contributed by atoms with E-state index in [1.165, 1.54) is 12.2 Å². The fraction of sp³-hybridized carbons (Fsp3) is 0.375. The Bertz CT molecular complexity index is 912. The van der Waals surface area contributed by atoms with E-state index >= 15 is 0 Å². The van der Waals surface area contributed by atoms with Crippen LogP contribution >= 0.6 is 0 Å². The van der Waals surface area contributed by atoms with Crippen molar-refractivity contribution in [3.05, 3.63) is 76.0 Å². The standard InChI is InChI=1S/C24H29NO4/c1-16-13-17(2)20(18(3)14-16)21-22(26)24(4,25(23(21)27)29-15-28-5)12-11-19-9-7-6-8-10-19/h6-10,13-14,26H,11-12,15H2,1-5H3. The minimum Gasteiger partial charge on any atom is -0.509 e. The highest BCUT2D eigenvalue weighted by atomic mass is 16.8. The van der Waals surface area contributed by atoms with Crippen LogP contribution in [0.1, 0.15) is 41.2 Å². The van der Waals surface area contributed by atoms with E-state index in [1.54, 1.807) is 0 Å². The number of aliphatic hydroxyl groups is 1. The van der Waals surface area contributed by atoms with Gasteiger partial charge in [0.1, 0.15) is 11.3 Å². The van der Waals surface area contributed by atoms with Gasteiger partial charge in [0, 0.05) is 7.11 Å². The number of ether oxygens (including phenoxy) is 1. The molecule has 2 aromatic carbocycles. The van der Waals surface area contributed by atoms with Gasteiger partial charge in [0.15, 0.2) is 6.79 Å². The Morgan fingerprint density at radius 3 is 2.28 bits per heavy atom. The van der Waals surface area contributed by atoms with Crippen LogP contribution < -0.4 is 0 Å². The minimum atomic E-state index is -0.982. The van der Waals surface area contributed by atoms with Gasteiger partial charge in [-0.2, -0.15) is 0 Å². The van der Waals surface area contributed by atoms with E-state index in [4.69, 9.17) is 9.57 Å². The summed E-state index contributed by atoms with van der Waals surface area (Å²) in [5.41, 5.74) is 4.27. The summed E-state index contributed by atoms with van der Waals surface area (Å²) in [4.78, 5) is 19.0. The van der Waals surface area contributed by atoms with Crippen LogP contribution in [0.25, 0.3) is 5.57 Å². The molecule has 1 unspecified atom stereocenters. The zero-order chi connectivity index (χ0) is 21.2. The molecule has 154 valence electrons. The first-order chi connectivity index (χ1) is 13.8. The van der Waals surface area contributed by atoms with Crippen molar-refractivity contribution in [2.45, 2.75) is 46.1 Å². The number of carbonyl (C=O) groups excluding carboxylic acids is 1. The molecule has 0 fully saturated rings. The van der Waals surface area contributed by atoms with Crippen LogP contribution in [0.4, 0.5) is 0 Å². The molecule has 2 aromatic rings. The van der Waals surface area contributed by atoms with Crippen LogP contribution in [0.5, 0.6) is 0 Å². The molecule has 1 amide bonds. The molecule has 1 aliphatic heterocycles. The quantitative estimate of drug-likeness (QED) is 0.693. The van der Waals surface area contributed by atoms with Crippen molar-refractivity contribution in [2.24, 2.45) is 0 Å². The monoisotopic (exact) mass is 395 g/mol. The van der Waals surface area contributed by atoms with Crippen LogP contribution in [0.3, 0.4) is 0 Å². The number of nitrogens with zero attached hydrogens (tertiary/aromatic N) is 1. The maximum Gasteiger partial charge on any atom is 0.282 e. The van der Waals surface area contributed by atoms with Gasteiger partial charge < -0.3 is 9.84 Å². The Morgan fingerprint density at radius 2 is 1.69 bits per heavy atom. The van der Waals surface area contributed by atoms with E-state index in [0.29, 0.717) is 18.4 Å². The summed E-state index contributed by atoms with van der Waals surface area (Å²) < 4.78 is 5.03. The number of hydrogen-bond acceptors (Lipinski definition) is 4. The first kappa shape index (κ1) is 21.1. The fourth-order valence-electron chi connectivity index (χ4n) is 4.15. The summed E-state index contributed by atoms with van der Waals surface area (Å²) in [5, 5.41) is 12.6. The zero-order valence-corrected chi connectivity index (χ0v) is 17.8. The van der Waals surface area contributed by atoms with Gasteiger partial charge in [-0.25, -0.2) is 9.90 Å². The third-order valence-electron chi connectivity index (χ3n) is 5.56. The van der Waals surface area contributed by atoms with Gasteiger partial charge in [0.25, 0.3) is 5.91 Å². The number of hydroxylamine groups is 2. The predicted octanol–water partition coefficient (Wildman–Crippen LogP) is 4.65. The third-order valence-corrected chi connectivity index (χ3v) is 5.56. The summed E-state index contributed by atoms with van der Waals surface area (Å²) in [7, 11) is 1.50. The summed E-state index contributed by atoms with van der Waals surface area (Å²) in [6, 6.07) is 14.1. The summed E-state index contributed by atoms with van der Waals surface area (Å²) in [6.45, 7) is 7.71. The first-order valence-corrected chi connectivity index (χ1v) is 9.82. The highest BCUT2D eigenvalue weighted by Crippen LogP contribution is 2.43. The van der Waals surface area contributed by atoms with Crippen molar-refractivity contribution in [3.63, 3.8) is 0 Å². The van der Waals surface area contributed by atoms with Crippen LogP contribution in [-0.4, -0.2) is 35.5 Å². The van der Waals surface area contributed by atoms with Gasteiger partial charge in [0.2, 0.25) is 0 Å². The van der Waals surface area contributed by atoms with Gasteiger partial charge >= 0.3 is 0 Å². The highest BCUT2D eigenvalue weighted by molar-refractivity contribution is 6.23. The van der Waals surface area contributed by atoms with Crippen molar-refractivity contribution in [1.82, 2.24) is 5.06 Å². The van der Waals surface area contributed by atoms with Crippen molar-refractivity contribution >= 4 is 11.5 Å². The van der Waals surface area contributed by atoms with Gasteiger partial charge in [-0.15, -0.1) is 0 Å². The van der Waals surface area contributed by atoms with Gasteiger partial charge in [0.05, 0.1) is 5.57 Å². The van der Waals surface area contributed by atoms with Crippen LogP contribution in [0.15, 0.2) is 48.2 Å². The molecule has 0 saturated heterocycles. The lowest BCUT2D eigenvalue weighted by Gasteiger charge is -2.34. The second-order valence-corrected chi connectivity index (χ2v) is 7.89. The zero-order valence-electron chi connectivity index (χ0n) is 17.8. The lowest BCUT2D eigenvalue weighted by atomic mass is 9.88. The normalized spacial score (nSPS) is 19.3. The lowest BCUT2D eigenvalue weighted by molar-refractivity contribution is -0.242. The minimum absolute atomic E-state index is 0.0459. The average molecular weight is 395 g/mol. The molecule has 0 aromatic heterocycles. The number of aryl methyl sites for hydroxylation is 4. The number of methoxy groups -OCH3 is 1. The van der Waals surface area contributed by atoms with E-state index in [9.17, 15) is 9.90 Å². The van der Waals surface area contributed by atoms with Crippen LogP contribution in [0, 0.1) is 20.8 Å². The van der Waals surface area contributed by atoms with Gasteiger partial charge in [-0.1, -0.05) is 48.0 Å². The molecule has 5 heteroatoms. The molecule has 0 aliphatic carbocycles. The molecule has 0 spiro atoms. The molecule has 29 heavy (non-hydrogen) atoms. The van der Waals surface area contributed by atoms with E-state index in [1.807, 2.05) is 70.2 Å². The van der Waals surface area contributed by atoms with E-state index < -0.39 is 5.54 Å². The maximum atomic E-state index is 13.4. The van der Waals surface area contributed by atoms with Crippen molar-refractivity contribution < 1.29 is 19.5 Å². The van der Waals surface area contributed by atoms with Crippen molar-refractivity contribution in [3.8, 4) is 0 Å². The molecular formula is C24H29NO4. The summed E-state index contributed by atoms with van der Waals surface area (Å²) >= 11 is 0. The largest absolute Gasteiger partial charge is 0.509 e. The average Bonchev–Trinajstić information content (AvgIpc) is 2.86. The van der Waals surface area contributed by atoms with E-state index in [2.05, 4.69) is 0 Å². The second-order valence-electron chi connectivity index (χ2n) is 7.89. The van der Waals surface area contributed by atoms with Gasteiger partial charge in [-0.05, 0) is 62.8 Å². The summed E-state index contributed by atoms with van der Waals surface area (Å²) in [6.07, 6.45) is 1.21. The highest BCUT2D eigenvalue weighted by Gasteiger charge is 2.51. The molecular weight excluding hydrogens is 366 g/mol. The number of carbonyl (C=O) groups is 1. The molecule has 0 saturated carbocycles. The number of amides is 1. The molecule has 1 heterocycles. The predicted molar refractivity (Wildman–Crippen MR) is 113 cm³/mol. The van der Waals surface area contributed by atoms with Crippen molar-refractivity contribution in [1.29, 1.82) is 0 Å². The first-order valence-electron chi connectivity index (χ1n) is 9.82. The van der Waals surface area contributed by atoms with Crippen LogP contribution in [0.2, 0.25) is 0 Å². The molecule has 0 radical (unpaired) electrons. The fourth-order valence-corrected chi connectivity index (χ4v) is 4.15. The Hall–Kier alpha value is -2.63. The topological polar surface area (TPSA) is 59.0 Å². The second kappa shape index (κ2) is 8.39. The number of hydrogen-bond donors (Lipinski definition) is 1. The lowest BCUT2D eigenvalue weighted by Crippen LogP contribution is -2.46. The number of rotatable bonds is 7. The Balaban J connectivity index is 2.05. The molecule has 1 atom stereocenters. The third kappa shape index (κ3) is 3.93. The smallest absolute Gasteiger partial charge is 0.282 e. The van der Waals surface area contributed by atoms with E-state index in [0.717, 1.165) is 27.8 Å². The Labute approximate surface area is 172 Å². The van der Waals surface area contributed by atoms with Crippen LogP contribution in [-0.2, 0) is 20.8 Å². The molecule has 0 bridgehead atoms. The van der Waals surface area contributed by atoms with Crippen molar-refractivity contribution in [2.75, 3.05) is 13.9 Å². The number of benzene rings is 2. The molecule has 1 aliphatic rings. The molecule has 5 nitrogen and oxygen atoms in total. The summed E-state index contributed by atoms with van der Waals surface area (Å²) in [5.74, 6) is -0.297. The van der Waals surface area contributed by atoms with Gasteiger partial charge in [-0.3, -0.25) is 4.79 Å². The van der Waals surface area contributed by atoms with E-state index in [-0.39, 0.29) is 18.5 Å². The Kier molecular flexibility index (Phi) is 6.10. The molecule has 1 N–H and O–H groups in total. The SMILES string of the molecule is COCON1C(=O)C(c2c(C)cc(C)cc2C)=C(O)C1(C)CCc1ccccc1.